The molecule has 14 nitrogen and oxygen atoms in total. The van der Waals surface area contributed by atoms with Crippen molar-refractivity contribution in [3.05, 3.63) is 24.3 Å². The van der Waals surface area contributed by atoms with Gasteiger partial charge in [-0.25, -0.2) is 9.59 Å². The molecule has 0 aliphatic carbocycles. The Morgan fingerprint density at radius 1 is 0.643 bits per heavy atom. The molecule has 8 aliphatic rings. The Morgan fingerprint density at radius 3 is 1.43 bits per heavy atom. The van der Waals surface area contributed by atoms with E-state index in [1.807, 2.05) is 79.7 Å². The largest absolute Gasteiger partial charge is 1.00 e. The second kappa shape index (κ2) is 15.4. The molecule has 56 heavy (non-hydrogen) atoms. The van der Waals surface area contributed by atoms with E-state index in [9.17, 15) is 19.8 Å². The minimum atomic E-state index is -3.42. The molecule has 16 unspecified atom stereocenters. The molecule has 11 bridgehead atoms. The summed E-state index contributed by atoms with van der Waals surface area (Å²) in [7, 11) is 0. The van der Waals surface area contributed by atoms with Gasteiger partial charge in [0.1, 0.15) is 12.2 Å². The topological polar surface area (TPSA) is 167 Å². The van der Waals surface area contributed by atoms with Crippen molar-refractivity contribution >= 4 is 18.9 Å². The molecule has 3 spiro atoms. The van der Waals surface area contributed by atoms with E-state index in [0.29, 0.717) is 51.4 Å². The van der Waals surface area contributed by atoms with Crippen molar-refractivity contribution in [1.29, 1.82) is 0 Å². The molecule has 318 valence electrons. The Morgan fingerprint density at radius 2 is 1.04 bits per heavy atom. The van der Waals surface area contributed by atoms with Gasteiger partial charge in [0.25, 0.3) is 0 Å². The number of aliphatic hydroxyl groups is 2. The fourth-order valence-electron chi connectivity index (χ4n) is 10.1. The van der Waals surface area contributed by atoms with Gasteiger partial charge in [0.2, 0.25) is 0 Å². The fraction of sp³-hybridized carbons (Fsp3) is 0.850. The van der Waals surface area contributed by atoms with Crippen LogP contribution in [0.2, 0.25) is 0 Å². The summed E-state index contributed by atoms with van der Waals surface area (Å²) in [6.07, 6.45) is 2.49. The number of esters is 2. The summed E-state index contributed by atoms with van der Waals surface area (Å²) >= 11 is 0. The normalized spacial score (nSPS) is 52.3. The number of carbonyl (C=O) groups is 2. The molecule has 0 aromatic carbocycles. The summed E-state index contributed by atoms with van der Waals surface area (Å²) in [4.78, 5) is 29.2. The van der Waals surface area contributed by atoms with Crippen LogP contribution in [0.25, 0.3) is 0 Å². The zero-order valence-corrected chi connectivity index (χ0v) is 35.2. The maximum atomic E-state index is 14.6. The molecule has 2 N–H and O–H groups in total. The minimum Gasteiger partial charge on any atom is -0.504 e. The van der Waals surface area contributed by atoms with Crippen molar-refractivity contribution in [1.82, 2.24) is 0 Å². The molecule has 16 heteroatoms. The van der Waals surface area contributed by atoms with Crippen LogP contribution < -0.4 is 0 Å². The van der Waals surface area contributed by atoms with Crippen molar-refractivity contribution in [3.8, 4) is 0 Å². The molecule has 8 aliphatic heterocycles. The third kappa shape index (κ3) is 7.15. The van der Waals surface area contributed by atoms with Gasteiger partial charge in [0.15, 0.2) is 23.8 Å². The molecule has 6 saturated heterocycles. The van der Waals surface area contributed by atoms with Gasteiger partial charge in [0, 0.05) is 35.5 Å². The van der Waals surface area contributed by atoms with Crippen molar-refractivity contribution in [2.24, 2.45) is 22.7 Å². The van der Waals surface area contributed by atoms with E-state index in [1.54, 1.807) is 0 Å². The van der Waals surface area contributed by atoms with Crippen molar-refractivity contribution in [2.75, 3.05) is 0 Å². The third-order valence-corrected chi connectivity index (χ3v) is 14.3. The predicted octanol–water partition coefficient (Wildman–Crippen LogP) is 4.15. The minimum absolute atomic E-state index is 0. The second-order valence-corrected chi connectivity index (χ2v) is 18.6. The average Bonchev–Trinajstić information content (AvgIpc) is 3.84. The number of ether oxygens (including phenoxy) is 6. The monoisotopic (exact) mass is 882 g/mol. The van der Waals surface area contributed by atoms with E-state index in [1.165, 1.54) is 0 Å². The molecule has 6 fully saturated rings. The Hall–Kier alpha value is -1.17. The van der Waals surface area contributed by atoms with Crippen LogP contribution in [0.15, 0.2) is 24.3 Å². The number of aliphatic hydroxyl groups excluding tert-OH is 2. The van der Waals surface area contributed by atoms with Crippen molar-refractivity contribution in [3.63, 3.8) is 0 Å². The first-order chi connectivity index (χ1) is 25.9. The van der Waals surface area contributed by atoms with Gasteiger partial charge in [-0.15, -0.1) is 0 Å². The van der Waals surface area contributed by atoms with Crippen LogP contribution in [0.3, 0.4) is 0 Å². The summed E-state index contributed by atoms with van der Waals surface area (Å²) in [5, 5.41) is 23.3. The fourth-order valence-corrected chi connectivity index (χ4v) is 10.1. The summed E-state index contributed by atoms with van der Waals surface area (Å²) in [6, 6.07) is 0. The number of fused-ring (bicyclic) bond motifs is 8. The number of carbonyl (C=O) groups excluding carboxylic acids is 2. The van der Waals surface area contributed by atoms with E-state index in [2.05, 4.69) is 0 Å². The number of hydrogen-bond donors (Lipinski definition) is 2. The number of hydrogen-bond acceptors (Lipinski definition) is 14. The van der Waals surface area contributed by atoms with E-state index < -0.39 is 114 Å². The van der Waals surface area contributed by atoms with Crippen LogP contribution in [0.1, 0.15) is 107 Å². The quantitative estimate of drug-likeness (QED) is 0.203. The van der Waals surface area contributed by atoms with Crippen LogP contribution >= 0.6 is 0 Å². The Balaban J connectivity index is 0.00000480. The Labute approximate surface area is 345 Å². The van der Waals surface area contributed by atoms with Gasteiger partial charge in [-0.1, -0.05) is 65.8 Å². The van der Waals surface area contributed by atoms with E-state index in [-0.39, 0.29) is 34.6 Å². The molecule has 0 radical (unpaired) electrons. The molecule has 0 amide bonds. The van der Waals surface area contributed by atoms with Gasteiger partial charge >= 0.3 is 41.3 Å². The molecule has 0 aromatic rings. The maximum absolute atomic E-state index is 14.6. The zero-order valence-electron chi connectivity index (χ0n) is 33.7. The second-order valence-electron chi connectivity index (χ2n) is 18.6. The van der Waals surface area contributed by atoms with Crippen LogP contribution in [-0.4, -0.2) is 114 Å². The van der Waals surface area contributed by atoms with Crippen LogP contribution in [0.4, 0.5) is 0 Å². The Bertz CT molecular complexity index is 1450. The standard InChI is InChI=1S/C40H60BO14.Ag/c1-21-15-17-31-37(5,6)29(42)13-9-11-26-20-28(24(4)47-26)49-36(45)34-40-22(2)16-18-32(51-40)38(7,8)30(43)14-10-12-25-19-27(23(3)46-25)48-35(44)33-39(21,50-31)54-41(52-33,53-34)55-40;/h9-12,21-34,42-43H,13-20H2,1-8H3;/q-1;+1/b11-9-,12-10-;. The summed E-state index contributed by atoms with van der Waals surface area (Å²) < 4.78 is 65.8. The number of rotatable bonds is 0. The van der Waals surface area contributed by atoms with Gasteiger partial charge in [-0.05, 0) is 52.4 Å². The van der Waals surface area contributed by atoms with E-state index in [4.69, 9.17) is 47.0 Å². The Kier molecular flexibility index (Phi) is 11.8. The first-order valence-electron chi connectivity index (χ1n) is 20.5. The first kappa shape index (κ1) is 42.9. The molecule has 0 aromatic heterocycles. The van der Waals surface area contributed by atoms with Crippen LogP contribution in [-0.2, 0) is 79.0 Å². The van der Waals surface area contributed by atoms with Gasteiger partial charge in [-0.3, -0.25) is 0 Å². The summed E-state index contributed by atoms with van der Waals surface area (Å²) in [5.41, 5.74) is -1.64. The SMILES string of the molecule is CC1OC2/C=C\CC(O)C(C)(C)C3CCC(C)C4(O3)O[B-]35OC(C(=O)OC1C2)C1(OC(CCC1C)C(C)(C)C(O)C/C=C\C1CC(OC(=O)C4O3)C(C)O1)O5.[Ag+]. The first-order valence-corrected chi connectivity index (χ1v) is 20.5. The third-order valence-electron chi connectivity index (χ3n) is 14.3. The van der Waals surface area contributed by atoms with Gasteiger partial charge < -0.3 is 57.3 Å². The molecule has 8 heterocycles. The van der Waals surface area contributed by atoms with Crippen molar-refractivity contribution in [2.45, 2.75) is 192 Å². The molecule has 0 saturated carbocycles. The van der Waals surface area contributed by atoms with Gasteiger partial charge in [-0.2, -0.15) is 0 Å². The average molecular weight is 884 g/mol. The summed E-state index contributed by atoms with van der Waals surface area (Å²) in [5.74, 6) is -6.02. The predicted molar refractivity (Wildman–Crippen MR) is 194 cm³/mol. The smallest absolute Gasteiger partial charge is 0.504 e. The molecule has 8 rings (SSSR count). The van der Waals surface area contributed by atoms with E-state index >= 15 is 0 Å². The van der Waals surface area contributed by atoms with Crippen LogP contribution in [0, 0.1) is 22.7 Å². The van der Waals surface area contributed by atoms with Crippen molar-refractivity contribution < 1.29 is 89.2 Å². The maximum Gasteiger partial charge on any atom is 1.00 e. The molecule has 16 atom stereocenters. The van der Waals surface area contributed by atoms with Gasteiger partial charge in [0.05, 0.1) is 48.8 Å². The van der Waals surface area contributed by atoms with Crippen LogP contribution in [0.5, 0.6) is 0 Å². The zero-order chi connectivity index (χ0) is 39.3. The molecular weight excluding hydrogens is 823 g/mol. The van der Waals surface area contributed by atoms with E-state index in [0.717, 1.165) is 0 Å². The molecular formula is C40H60AgBO14. The summed E-state index contributed by atoms with van der Waals surface area (Å²) in [6.45, 7) is 11.8.